The molecule has 0 heterocycles. The summed E-state index contributed by atoms with van der Waals surface area (Å²) < 4.78 is 0.882. The van der Waals surface area contributed by atoms with E-state index in [0.29, 0.717) is 6.04 Å². The van der Waals surface area contributed by atoms with E-state index < -0.39 is 6.16 Å². The van der Waals surface area contributed by atoms with Gasteiger partial charge in [0.2, 0.25) is 6.16 Å². The fourth-order valence-electron chi connectivity index (χ4n) is 1.55. The largest absolute Gasteiger partial charge is 0.565 e. The summed E-state index contributed by atoms with van der Waals surface area (Å²) in [6, 6.07) is 10.9. The zero-order valence-electron chi connectivity index (χ0n) is 10.5. The van der Waals surface area contributed by atoms with Crippen molar-refractivity contribution < 1.29 is 19.5 Å². The molecule has 1 rings (SSSR count). The maximum Gasteiger partial charge on any atom is 0.249 e. The first-order valence-corrected chi connectivity index (χ1v) is 5.17. The second kappa shape index (κ2) is 6.70. The minimum Gasteiger partial charge on any atom is -0.565 e. The molecule has 94 valence electrons. The van der Waals surface area contributed by atoms with Gasteiger partial charge in [0.25, 0.3) is 0 Å². The number of likely N-dealkylation sites (N-methyl/N-ethyl adjacent to an activating group) is 1. The van der Waals surface area contributed by atoms with Crippen molar-refractivity contribution in [1.82, 2.24) is 0 Å². The molecule has 0 saturated heterocycles. The molecular formula is C13H19NO3. The first-order chi connectivity index (χ1) is 7.79. The normalized spacial score (nSPS) is 11.9. The third kappa shape index (κ3) is 6.37. The van der Waals surface area contributed by atoms with E-state index >= 15 is 0 Å². The van der Waals surface area contributed by atoms with Crippen LogP contribution in [0.5, 0.6) is 0 Å². The van der Waals surface area contributed by atoms with E-state index in [0.717, 1.165) is 4.48 Å². The van der Waals surface area contributed by atoms with Crippen LogP contribution in [0.25, 0.3) is 0 Å². The Kier molecular flexibility index (Phi) is 5.99. The molecule has 0 aromatic heterocycles. The number of nitrogens with zero attached hydrogens (tertiary/aromatic N) is 1. The Balaban J connectivity index is 0.000000557. The number of carboxylic acid groups (broad SMARTS) is 2. The van der Waals surface area contributed by atoms with Crippen LogP contribution in [0.4, 0.5) is 4.79 Å². The molecule has 0 fully saturated rings. The van der Waals surface area contributed by atoms with Crippen molar-refractivity contribution in [3.8, 4) is 0 Å². The van der Waals surface area contributed by atoms with E-state index in [-0.39, 0.29) is 0 Å². The molecule has 0 bridgehead atoms. The van der Waals surface area contributed by atoms with Crippen LogP contribution in [0.3, 0.4) is 0 Å². The SMILES string of the molecule is C=CC(c1ccccc1)[N+](C)(C)C.O=C([O-])O. The van der Waals surface area contributed by atoms with Crippen molar-refractivity contribution in [2.24, 2.45) is 0 Å². The van der Waals surface area contributed by atoms with Gasteiger partial charge in [0.1, 0.15) is 6.04 Å². The summed E-state index contributed by atoms with van der Waals surface area (Å²) in [4.78, 5) is 8.44. The molecule has 4 heteroatoms. The number of carbonyl (C=O) groups is 1. The van der Waals surface area contributed by atoms with Crippen LogP contribution in [0.15, 0.2) is 43.0 Å². The van der Waals surface area contributed by atoms with Gasteiger partial charge in [-0.25, -0.2) is 0 Å². The monoisotopic (exact) mass is 237 g/mol. The van der Waals surface area contributed by atoms with Gasteiger partial charge in [-0.3, -0.25) is 0 Å². The minimum atomic E-state index is -2.08. The first kappa shape index (κ1) is 15.2. The Labute approximate surface area is 102 Å². The highest BCUT2D eigenvalue weighted by Crippen LogP contribution is 2.23. The number of benzene rings is 1. The van der Waals surface area contributed by atoms with Crippen LogP contribution < -0.4 is 5.11 Å². The summed E-state index contributed by atoms with van der Waals surface area (Å²) in [5.74, 6) is 0. The first-order valence-electron chi connectivity index (χ1n) is 5.17. The fraction of sp³-hybridized carbons (Fsp3) is 0.308. The summed E-state index contributed by atoms with van der Waals surface area (Å²) >= 11 is 0. The highest BCUT2D eigenvalue weighted by atomic mass is 16.6. The molecule has 1 atom stereocenters. The van der Waals surface area contributed by atoms with Gasteiger partial charge < -0.3 is 19.5 Å². The van der Waals surface area contributed by atoms with Gasteiger partial charge in [0.05, 0.1) is 21.1 Å². The molecule has 4 nitrogen and oxygen atoms in total. The number of hydrogen-bond acceptors (Lipinski definition) is 2. The molecule has 0 saturated carbocycles. The molecule has 0 aliphatic rings. The van der Waals surface area contributed by atoms with Gasteiger partial charge in [-0.15, -0.1) is 0 Å². The van der Waals surface area contributed by atoms with Gasteiger partial charge in [-0.2, -0.15) is 0 Å². The van der Waals surface area contributed by atoms with E-state index in [4.69, 9.17) is 15.0 Å². The van der Waals surface area contributed by atoms with Crippen LogP contribution in [-0.4, -0.2) is 36.9 Å². The van der Waals surface area contributed by atoms with Crippen LogP contribution in [0.1, 0.15) is 11.6 Å². The van der Waals surface area contributed by atoms with Gasteiger partial charge >= 0.3 is 0 Å². The molecule has 1 unspecified atom stereocenters. The fourth-order valence-corrected chi connectivity index (χ4v) is 1.55. The Morgan fingerprint density at radius 1 is 1.35 bits per heavy atom. The van der Waals surface area contributed by atoms with E-state index in [1.807, 2.05) is 12.1 Å². The van der Waals surface area contributed by atoms with E-state index in [1.165, 1.54) is 5.56 Å². The summed E-state index contributed by atoms with van der Waals surface area (Å²) in [5.41, 5.74) is 1.32. The minimum absolute atomic E-state index is 0.376. The van der Waals surface area contributed by atoms with Crippen molar-refractivity contribution in [1.29, 1.82) is 0 Å². The van der Waals surface area contributed by atoms with Crippen molar-refractivity contribution >= 4 is 6.16 Å². The Hall–Kier alpha value is -1.81. The summed E-state index contributed by atoms with van der Waals surface area (Å²) in [5, 5.41) is 15.3. The van der Waals surface area contributed by atoms with Crippen molar-refractivity contribution in [3.05, 3.63) is 48.6 Å². The van der Waals surface area contributed by atoms with Crippen molar-refractivity contribution in [3.63, 3.8) is 0 Å². The van der Waals surface area contributed by atoms with Crippen LogP contribution in [0.2, 0.25) is 0 Å². The molecule has 0 aliphatic heterocycles. The lowest BCUT2D eigenvalue weighted by atomic mass is 10.1. The lowest BCUT2D eigenvalue weighted by molar-refractivity contribution is -0.895. The second-order valence-electron chi connectivity index (χ2n) is 4.47. The van der Waals surface area contributed by atoms with Crippen LogP contribution >= 0.6 is 0 Å². The average Bonchev–Trinajstić information content (AvgIpc) is 2.17. The Morgan fingerprint density at radius 3 is 2.06 bits per heavy atom. The van der Waals surface area contributed by atoms with Gasteiger partial charge in [0, 0.05) is 5.56 Å². The predicted octanol–water partition coefficient (Wildman–Crippen LogP) is 1.51. The lowest BCUT2D eigenvalue weighted by Gasteiger charge is -2.32. The molecule has 0 aliphatic carbocycles. The average molecular weight is 237 g/mol. The topological polar surface area (TPSA) is 60.4 Å². The molecule has 0 spiro atoms. The molecule has 1 N–H and O–H groups in total. The van der Waals surface area contributed by atoms with Gasteiger partial charge in [-0.1, -0.05) is 36.9 Å². The number of quaternary nitrogens is 1. The van der Waals surface area contributed by atoms with E-state index in [9.17, 15) is 0 Å². The number of rotatable bonds is 3. The zero-order valence-corrected chi connectivity index (χ0v) is 10.5. The summed E-state index contributed by atoms with van der Waals surface area (Å²) in [6.07, 6.45) is -0.0741. The second-order valence-corrected chi connectivity index (χ2v) is 4.47. The Bertz CT molecular complexity index is 351. The van der Waals surface area contributed by atoms with E-state index in [1.54, 1.807) is 0 Å². The molecule has 1 aromatic carbocycles. The molecular weight excluding hydrogens is 218 g/mol. The van der Waals surface area contributed by atoms with Crippen LogP contribution in [0, 0.1) is 0 Å². The van der Waals surface area contributed by atoms with Crippen molar-refractivity contribution in [2.75, 3.05) is 21.1 Å². The predicted molar refractivity (Wildman–Crippen MR) is 65.4 cm³/mol. The molecule has 1 aromatic rings. The highest BCUT2D eigenvalue weighted by Gasteiger charge is 2.21. The third-order valence-electron chi connectivity index (χ3n) is 2.20. The Morgan fingerprint density at radius 2 is 1.76 bits per heavy atom. The third-order valence-corrected chi connectivity index (χ3v) is 2.20. The highest BCUT2D eigenvalue weighted by molar-refractivity contribution is 5.50. The van der Waals surface area contributed by atoms with Gasteiger partial charge in [-0.05, 0) is 6.08 Å². The maximum absolute atomic E-state index is 8.44. The molecule has 17 heavy (non-hydrogen) atoms. The quantitative estimate of drug-likeness (QED) is 0.640. The smallest absolute Gasteiger partial charge is 0.249 e. The van der Waals surface area contributed by atoms with Crippen molar-refractivity contribution in [2.45, 2.75) is 6.04 Å². The molecule has 0 amide bonds. The van der Waals surface area contributed by atoms with E-state index in [2.05, 4.69) is 52.0 Å². The lowest BCUT2D eigenvalue weighted by Crippen LogP contribution is -2.37. The van der Waals surface area contributed by atoms with Gasteiger partial charge in [0.15, 0.2) is 0 Å². The summed E-state index contributed by atoms with van der Waals surface area (Å²) in [6.45, 7) is 3.89. The molecule has 0 radical (unpaired) electrons. The van der Waals surface area contributed by atoms with Crippen LogP contribution in [-0.2, 0) is 0 Å². The zero-order chi connectivity index (χ0) is 13.5. The standard InChI is InChI=1S/C12H18N.CH2O3/c1-5-12(13(2,3)4)11-9-7-6-8-10-11;2-1(3)4/h5-10,12H,1H2,2-4H3;(H2,2,3,4)/q+1;/p-1. The maximum atomic E-state index is 8.44. The number of hydrogen-bond donors (Lipinski definition) is 1. The summed E-state index contributed by atoms with van der Waals surface area (Å²) in [7, 11) is 6.54.